The van der Waals surface area contributed by atoms with E-state index in [9.17, 15) is 9.59 Å². The molecule has 2 aromatic rings. The van der Waals surface area contributed by atoms with Crippen LogP contribution in [0.2, 0.25) is 0 Å². The first-order valence-electron chi connectivity index (χ1n) is 6.40. The number of aryl methyl sites for hydroxylation is 1. The van der Waals surface area contributed by atoms with Crippen molar-refractivity contribution in [3.63, 3.8) is 0 Å². The highest BCUT2D eigenvalue weighted by atomic mass is 79.9. The van der Waals surface area contributed by atoms with E-state index in [2.05, 4.69) is 21.2 Å². The molecule has 0 radical (unpaired) electrons. The Morgan fingerprint density at radius 3 is 2.38 bits per heavy atom. The highest BCUT2D eigenvalue weighted by Gasteiger charge is 2.07. The molecule has 0 aliphatic carbocycles. The second-order valence-corrected chi connectivity index (χ2v) is 5.61. The lowest BCUT2D eigenvalue weighted by Crippen LogP contribution is -2.14. The van der Waals surface area contributed by atoms with Gasteiger partial charge in [-0.25, -0.2) is 0 Å². The number of hydrogen-bond donors (Lipinski definition) is 2. The molecule has 21 heavy (non-hydrogen) atoms. The Labute approximate surface area is 131 Å². The molecule has 2 rings (SSSR count). The number of nitrogens with two attached hydrogens (primary N) is 1. The second-order valence-electron chi connectivity index (χ2n) is 4.76. The Bertz CT molecular complexity index is 681. The molecule has 0 saturated carbocycles. The maximum Gasteiger partial charge on any atom is 0.255 e. The summed E-state index contributed by atoms with van der Waals surface area (Å²) in [7, 11) is 0. The summed E-state index contributed by atoms with van der Waals surface area (Å²) in [6, 6.07) is 12.5. The van der Waals surface area contributed by atoms with Crippen LogP contribution in [0.4, 0.5) is 5.69 Å². The first-order chi connectivity index (χ1) is 9.95. The quantitative estimate of drug-likeness (QED) is 0.892. The van der Waals surface area contributed by atoms with Gasteiger partial charge >= 0.3 is 0 Å². The number of anilines is 1. The van der Waals surface area contributed by atoms with E-state index in [0.717, 1.165) is 15.6 Å². The van der Waals surface area contributed by atoms with Crippen LogP contribution in [0.3, 0.4) is 0 Å². The molecule has 0 bridgehead atoms. The number of halogens is 1. The number of hydrogen-bond acceptors (Lipinski definition) is 2. The third-order valence-corrected chi connectivity index (χ3v) is 3.90. The Balaban J connectivity index is 2.08. The van der Waals surface area contributed by atoms with E-state index in [-0.39, 0.29) is 18.2 Å². The Morgan fingerprint density at radius 2 is 1.81 bits per heavy atom. The Hall–Kier alpha value is -2.14. The molecular weight excluding hydrogens is 332 g/mol. The molecule has 0 unspecified atom stereocenters. The first kappa shape index (κ1) is 15.3. The van der Waals surface area contributed by atoms with Crippen molar-refractivity contribution in [3.05, 3.63) is 63.6 Å². The zero-order valence-electron chi connectivity index (χ0n) is 11.5. The van der Waals surface area contributed by atoms with Crippen LogP contribution in [0.1, 0.15) is 21.5 Å². The van der Waals surface area contributed by atoms with E-state index in [4.69, 9.17) is 5.73 Å². The van der Waals surface area contributed by atoms with Crippen molar-refractivity contribution >= 4 is 33.4 Å². The third kappa shape index (κ3) is 4.16. The van der Waals surface area contributed by atoms with Gasteiger partial charge in [0.1, 0.15) is 0 Å². The fourth-order valence-corrected chi connectivity index (χ4v) is 2.14. The summed E-state index contributed by atoms with van der Waals surface area (Å²) in [6.07, 6.45) is 0.195. The lowest BCUT2D eigenvalue weighted by Gasteiger charge is -2.07. The molecular formula is C16H15BrN2O2. The van der Waals surface area contributed by atoms with Gasteiger partial charge in [-0.05, 0) is 48.4 Å². The van der Waals surface area contributed by atoms with Crippen LogP contribution < -0.4 is 11.1 Å². The standard InChI is InChI=1S/C16H15BrN2O2/c1-10-8-12(4-7-14(10)17)16(21)19-13-5-2-11(3-6-13)9-15(18)20/h2-8H,9H2,1H3,(H2,18,20)(H,19,21). The van der Waals surface area contributed by atoms with Crippen molar-refractivity contribution in [3.8, 4) is 0 Å². The molecule has 0 aliphatic rings. The SMILES string of the molecule is Cc1cc(C(=O)Nc2ccc(CC(N)=O)cc2)ccc1Br. The number of benzene rings is 2. The fourth-order valence-electron chi connectivity index (χ4n) is 1.90. The molecule has 0 saturated heterocycles. The lowest BCUT2D eigenvalue weighted by atomic mass is 10.1. The normalized spacial score (nSPS) is 10.2. The van der Waals surface area contributed by atoms with Crippen molar-refractivity contribution in [2.45, 2.75) is 13.3 Å². The lowest BCUT2D eigenvalue weighted by molar-refractivity contribution is -0.117. The van der Waals surface area contributed by atoms with Gasteiger partial charge in [0, 0.05) is 15.7 Å². The molecule has 2 aromatic carbocycles. The monoisotopic (exact) mass is 346 g/mol. The minimum absolute atomic E-state index is 0.173. The van der Waals surface area contributed by atoms with Gasteiger partial charge in [0.15, 0.2) is 0 Å². The van der Waals surface area contributed by atoms with Crippen molar-refractivity contribution < 1.29 is 9.59 Å². The van der Waals surface area contributed by atoms with E-state index < -0.39 is 0 Å². The fraction of sp³-hybridized carbons (Fsp3) is 0.125. The zero-order chi connectivity index (χ0) is 15.4. The number of nitrogens with one attached hydrogen (secondary N) is 1. The smallest absolute Gasteiger partial charge is 0.255 e. The maximum atomic E-state index is 12.1. The molecule has 0 heterocycles. The van der Waals surface area contributed by atoms with E-state index >= 15 is 0 Å². The van der Waals surface area contributed by atoms with Gasteiger partial charge in [0.25, 0.3) is 5.91 Å². The molecule has 0 aliphatic heterocycles. The van der Waals surface area contributed by atoms with Gasteiger partial charge in [-0.2, -0.15) is 0 Å². The molecule has 3 N–H and O–H groups in total. The average Bonchev–Trinajstić information content (AvgIpc) is 2.43. The summed E-state index contributed by atoms with van der Waals surface area (Å²) < 4.78 is 0.967. The van der Waals surface area contributed by atoms with Crippen molar-refractivity contribution in [1.29, 1.82) is 0 Å². The van der Waals surface area contributed by atoms with Crippen molar-refractivity contribution in [2.24, 2.45) is 5.73 Å². The van der Waals surface area contributed by atoms with Gasteiger partial charge in [-0.3, -0.25) is 9.59 Å². The molecule has 0 spiro atoms. The van der Waals surface area contributed by atoms with E-state index in [0.29, 0.717) is 11.3 Å². The number of carbonyl (C=O) groups is 2. The summed E-state index contributed by atoms with van der Waals surface area (Å²) in [5.74, 6) is -0.551. The summed E-state index contributed by atoms with van der Waals surface area (Å²) in [6.45, 7) is 1.93. The van der Waals surface area contributed by atoms with Crippen LogP contribution in [0, 0.1) is 6.92 Å². The average molecular weight is 347 g/mol. The van der Waals surface area contributed by atoms with Crippen molar-refractivity contribution in [2.75, 3.05) is 5.32 Å². The molecule has 4 nitrogen and oxygen atoms in total. The number of primary amides is 1. The van der Waals surface area contributed by atoms with Crippen LogP contribution in [-0.2, 0) is 11.2 Å². The van der Waals surface area contributed by atoms with Gasteiger partial charge in [0.05, 0.1) is 6.42 Å². The van der Waals surface area contributed by atoms with Crippen molar-refractivity contribution in [1.82, 2.24) is 0 Å². The van der Waals surface area contributed by atoms with Crippen LogP contribution in [0.5, 0.6) is 0 Å². The topological polar surface area (TPSA) is 72.2 Å². The molecule has 0 atom stereocenters. The van der Waals surface area contributed by atoms with Gasteiger partial charge in [-0.15, -0.1) is 0 Å². The minimum atomic E-state index is -0.378. The molecule has 2 amide bonds. The van der Waals surface area contributed by atoms with E-state index in [1.165, 1.54) is 0 Å². The molecule has 0 aromatic heterocycles. The maximum absolute atomic E-state index is 12.1. The largest absolute Gasteiger partial charge is 0.369 e. The summed E-state index contributed by atoms with van der Waals surface area (Å²) >= 11 is 3.40. The van der Waals surface area contributed by atoms with Gasteiger partial charge < -0.3 is 11.1 Å². The number of carbonyl (C=O) groups excluding carboxylic acids is 2. The third-order valence-electron chi connectivity index (χ3n) is 3.01. The Kier molecular flexibility index (Phi) is 4.75. The first-order valence-corrected chi connectivity index (χ1v) is 7.20. The van der Waals surface area contributed by atoms with E-state index in [1.54, 1.807) is 30.3 Å². The predicted molar refractivity (Wildman–Crippen MR) is 86.2 cm³/mol. The zero-order valence-corrected chi connectivity index (χ0v) is 13.1. The van der Waals surface area contributed by atoms with Crippen LogP contribution >= 0.6 is 15.9 Å². The van der Waals surface area contributed by atoms with Crippen LogP contribution in [-0.4, -0.2) is 11.8 Å². The number of rotatable bonds is 4. The molecule has 0 fully saturated rings. The summed E-state index contributed by atoms with van der Waals surface area (Å²) in [5.41, 5.74) is 8.22. The second kappa shape index (κ2) is 6.54. The van der Waals surface area contributed by atoms with Crippen LogP contribution in [0.25, 0.3) is 0 Å². The Morgan fingerprint density at radius 1 is 1.14 bits per heavy atom. The minimum Gasteiger partial charge on any atom is -0.369 e. The highest BCUT2D eigenvalue weighted by Crippen LogP contribution is 2.18. The highest BCUT2D eigenvalue weighted by molar-refractivity contribution is 9.10. The van der Waals surface area contributed by atoms with Gasteiger partial charge in [0.2, 0.25) is 5.91 Å². The summed E-state index contributed by atoms with van der Waals surface area (Å²) in [5, 5.41) is 2.82. The van der Waals surface area contributed by atoms with Crippen LogP contribution in [0.15, 0.2) is 46.9 Å². The predicted octanol–water partition coefficient (Wildman–Crippen LogP) is 3.04. The molecule has 108 valence electrons. The summed E-state index contributed by atoms with van der Waals surface area (Å²) in [4.78, 5) is 23.0. The number of amides is 2. The van der Waals surface area contributed by atoms with Gasteiger partial charge in [-0.1, -0.05) is 28.1 Å². The molecule has 5 heteroatoms. The van der Waals surface area contributed by atoms with E-state index in [1.807, 2.05) is 19.1 Å².